The van der Waals surface area contributed by atoms with Crippen LogP contribution in [0, 0.1) is 0 Å². The number of rotatable bonds is 6. The van der Waals surface area contributed by atoms with Crippen molar-refractivity contribution in [3.8, 4) is 0 Å². The monoisotopic (exact) mass is 429 g/mol. The number of amides is 2. The summed E-state index contributed by atoms with van der Waals surface area (Å²) in [6, 6.07) is 10.4. The van der Waals surface area contributed by atoms with Crippen molar-refractivity contribution in [3.05, 3.63) is 52.4 Å². The van der Waals surface area contributed by atoms with E-state index in [2.05, 4.69) is 21.2 Å². The van der Waals surface area contributed by atoms with Gasteiger partial charge in [-0.15, -0.1) is 12.4 Å². The van der Waals surface area contributed by atoms with Crippen LogP contribution < -0.4 is 11.1 Å². The van der Waals surface area contributed by atoms with Crippen molar-refractivity contribution in [1.29, 1.82) is 0 Å². The number of halogens is 2. The van der Waals surface area contributed by atoms with E-state index in [0.29, 0.717) is 23.3 Å². The highest BCUT2D eigenvalue weighted by molar-refractivity contribution is 9.10. The third-order valence-electron chi connectivity index (χ3n) is 3.76. The SMILES string of the molecule is CC(CN)N(C)C(=O)Cc1ccc(NC(=O)c2ccc(Br)o2)cc1.Cl. The van der Waals surface area contributed by atoms with E-state index in [1.165, 1.54) is 0 Å². The Morgan fingerprint density at radius 2 is 1.88 bits per heavy atom. The third kappa shape index (κ3) is 5.88. The van der Waals surface area contributed by atoms with E-state index in [-0.39, 0.29) is 36.0 Å². The maximum Gasteiger partial charge on any atom is 0.291 e. The fourth-order valence-corrected chi connectivity index (χ4v) is 2.34. The standard InChI is InChI=1S/C17H20BrN3O3.ClH/c1-11(10-19)21(2)16(22)9-12-3-5-13(6-4-12)20-17(23)14-7-8-15(18)24-14;/h3-8,11H,9-10,19H2,1-2H3,(H,20,23);1H. The van der Waals surface area contributed by atoms with Crippen molar-refractivity contribution < 1.29 is 14.0 Å². The van der Waals surface area contributed by atoms with Crippen LogP contribution in [-0.2, 0) is 11.2 Å². The van der Waals surface area contributed by atoms with Gasteiger partial charge in [-0.1, -0.05) is 12.1 Å². The molecule has 1 unspecified atom stereocenters. The number of carbonyl (C=O) groups excluding carboxylic acids is 2. The summed E-state index contributed by atoms with van der Waals surface area (Å²) in [5.41, 5.74) is 7.08. The van der Waals surface area contributed by atoms with Crippen LogP contribution in [-0.4, -0.2) is 36.3 Å². The van der Waals surface area contributed by atoms with Crippen LogP contribution in [0.5, 0.6) is 0 Å². The molecular weight excluding hydrogens is 410 g/mol. The molecule has 1 atom stereocenters. The van der Waals surface area contributed by atoms with E-state index < -0.39 is 0 Å². The summed E-state index contributed by atoms with van der Waals surface area (Å²) in [7, 11) is 1.75. The first-order valence-corrected chi connectivity index (χ1v) is 8.31. The number of hydrogen-bond acceptors (Lipinski definition) is 4. The van der Waals surface area contributed by atoms with Gasteiger partial charge < -0.3 is 20.4 Å². The molecule has 2 amide bonds. The van der Waals surface area contributed by atoms with Gasteiger partial charge in [0.15, 0.2) is 10.4 Å². The lowest BCUT2D eigenvalue weighted by atomic mass is 10.1. The van der Waals surface area contributed by atoms with Gasteiger partial charge in [0.1, 0.15) is 0 Å². The molecule has 3 N–H and O–H groups in total. The van der Waals surface area contributed by atoms with Gasteiger partial charge in [-0.05, 0) is 52.7 Å². The molecule has 8 heteroatoms. The second-order valence-electron chi connectivity index (χ2n) is 5.52. The highest BCUT2D eigenvalue weighted by Crippen LogP contribution is 2.17. The molecule has 0 bridgehead atoms. The highest BCUT2D eigenvalue weighted by Gasteiger charge is 2.15. The van der Waals surface area contributed by atoms with Crippen molar-refractivity contribution in [1.82, 2.24) is 4.90 Å². The Labute approximate surface area is 161 Å². The third-order valence-corrected chi connectivity index (χ3v) is 4.19. The van der Waals surface area contributed by atoms with Crippen molar-refractivity contribution in [2.24, 2.45) is 5.73 Å². The van der Waals surface area contributed by atoms with Gasteiger partial charge in [-0.2, -0.15) is 0 Å². The fourth-order valence-electron chi connectivity index (χ4n) is 2.04. The van der Waals surface area contributed by atoms with Gasteiger partial charge in [0.05, 0.1) is 6.42 Å². The topological polar surface area (TPSA) is 88.6 Å². The van der Waals surface area contributed by atoms with Crippen molar-refractivity contribution in [3.63, 3.8) is 0 Å². The molecule has 1 aromatic carbocycles. The molecule has 2 aromatic rings. The molecule has 136 valence electrons. The number of furan rings is 1. The van der Waals surface area contributed by atoms with Gasteiger partial charge in [0.2, 0.25) is 5.91 Å². The van der Waals surface area contributed by atoms with Gasteiger partial charge in [0.25, 0.3) is 5.91 Å². The maximum atomic E-state index is 12.1. The Kier molecular flexibility index (Phi) is 8.15. The van der Waals surface area contributed by atoms with Gasteiger partial charge in [-0.25, -0.2) is 0 Å². The van der Waals surface area contributed by atoms with E-state index in [0.717, 1.165) is 5.56 Å². The quantitative estimate of drug-likeness (QED) is 0.737. The summed E-state index contributed by atoms with van der Waals surface area (Å²) in [5.74, 6) is -0.107. The first-order chi connectivity index (χ1) is 11.4. The second kappa shape index (κ2) is 9.60. The Balaban J connectivity index is 0.00000312. The number of nitrogens with two attached hydrogens (primary N) is 1. The molecular formula is C17H21BrClN3O3. The molecule has 0 fully saturated rings. The number of benzene rings is 1. The second-order valence-corrected chi connectivity index (χ2v) is 6.30. The van der Waals surface area contributed by atoms with Crippen molar-refractivity contribution >= 4 is 45.8 Å². The Morgan fingerprint density at radius 1 is 1.24 bits per heavy atom. The lowest BCUT2D eigenvalue weighted by molar-refractivity contribution is -0.130. The molecule has 1 heterocycles. The minimum absolute atomic E-state index is 0. The first kappa shape index (κ1) is 21.2. The zero-order valence-corrected chi connectivity index (χ0v) is 16.4. The number of nitrogens with one attached hydrogen (secondary N) is 1. The Morgan fingerprint density at radius 3 is 2.40 bits per heavy atom. The number of carbonyl (C=O) groups is 2. The summed E-state index contributed by atoms with van der Waals surface area (Å²) >= 11 is 3.15. The zero-order chi connectivity index (χ0) is 17.7. The van der Waals surface area contributed by atoms with Gasteiger partial charge in [-0.3, -0.25) is 9.59 Å². The summed E-state index contributed by atoms with van der Waals surface area (Å²) in [6.45, 7) is 2.33. The molecule has 0 aliphatic rings. The average Bonchev–Trinajstić information content (AvgIpc) is 3.01. The number of anilines is 1. The predicted molar refractivity (Wildman–Crippen MR) is 103 cm³/mol. The van der Waals surface area contributed by atoms with Crippen LogP contribution >= 0.6 is 28.3 Å². The summed E-state index contributed by atoms with van der Waals surface area (Å²) < 4.78 is 5.69. The van der Waals surface area contributed by atoms with Gasteiger partial charge >= 0.3 is 0 Å². The van der Waals surface area contributed by atoms with Crippen molar-refractivity contribution in [2.75, 3.05) is 18.9 Å². The van der Waals surface area contributed by atoms with E-state index in [9.17, 15) is 9.59 Å². The normalized spacial score (nSPS) is 11.4. The predicted octanol–water partition coefficient (Wildman–Crippen LogP) is 3.06. The van der Waals surface area contributed by atoms with E-state index >= 15 is 0 Å². The summed E-state index contributed by atoms with van der Waals surface area (Å²) in [6.07, 6.45) is 0.292. The Hall–Kier alpha value is -1.83. The van der Waals surface area contributed by atoms with Gasteiger partial charge in [0, 0.05) is 25.3 Å². The molecule has 25 heavy (non-hydrogen) atoms. The minimum Gasteiger partial charge on any atom is -0.444 e. The summed E-state index contributed by atoms with van der Waals surface area (Å²) in [4.78, 5) is 25.8. The fraction of sp³-hybridized carbons (Fsp3) is 0.294. The molecule has 0 spiro atoms. The lowest BCUT2D eigenvalue weighted by Gasteiger charge is -2.23. The molecule has 0 saturated heterocycles. The van der Waals surface area contributed by atoms with Crippen molar-refractivity contribution in [2.45, 2.75) is 19.4 Å². The van der Waals surface area contributed by atoms with Crippen LogP contribution in [0.1, 0.15) is 23.0 Å². The smallest absolute Gasteiger partial charge is 0.291 e. The number of nitrogens with zero attached hydrogens (tertiary/aromatic N) is 1. The van der Waals surface area contributed by atoms with E-state index in [1.54, 1.807) is 36.2 Å². The summed E-state index contributed by atoms with van der Waals surface area (Å²) in [5, 5.41) is 2.74. The first-order valence-electron chi connectivity index (χ1n) is 7.52. The number of hydrogen-bond donors (Lipinski definition) is 2. The molecule has 2 rings (SSSR count). The molecule has 1 aromatic heterocycles. The van der Waals surface area contributed by atoms with E-state index in [1.807, 2.05) is 19.1 Å². The van der Waals surface area contributed by atoms with E-state index in [4.69, 9.17) is 10.2 Å². The van der Waals surface area contributed by atoms with Crippen LogP contribution in [0.25, 0.3) is 0 Å². The lowest BCUT2D eigenvalue weighted by Crippen LogP contribution is -2.40. The molecule has 0 radical (unpaired) electrons. The minimum atomic E-state index is -0.332. The molecule has 0 aliphatic carbocycles. The average molecular weight is 431 g/mol. The van der Waals surface area contributed by atoms with Crippen LogP contribution in [0.4, 0.5) is 5.69 Å². The zero-order valence-electron chi connectivity index (χ0n) is 14.0. The molecule has 6 nitrogen and oxygen atoms in total. The Bertz CT molecular complexity index is 718. The van der Waals surface area contributed by atoms with Crippen LogP contribution in [0.15, 0.2) is 45.5 Å². The van der Waals surface area contributed by atoms with Crippen LogP contribution in [0.2, 0.25) is 0 Å². The highest BCUT2D eigenvalue weighted by atomic mass is 79.9. The van der Waals surface area contributed by atoms with Crippen LogP contribution in [0.3, 0.4) is 0 Å². The molecule has 0 aliphatic heterocycles. The molecule has 0 saturated carbocycles. The largest absolute Gasteiger partial charge is 0.444 e. The maximum absolute atomic E-state index is 12.1. The number of likely N-dealkylation sites (N-methyl/N-ethyl adjacent to an activating group) is 1.